The van der Waals surface area contributed by atoms with Crippen LogP contribution in [0.1, 0.15) is 19.0 Å². The van der Waals surface area contributed by atoms with Gasteiger partial charge in [0.15, 0.2) is 0 Å². The summed E-state index contributed by atoms with van der Waals surface area (Å²) in [5.41, 5.74) is 2.43. The molecule has 1 aromatic rings. The van der Waals surface area contributed by atoms with E-state index in [1.54, 1.807) is 0 Å². The number of aryl methyl sites for hydroxylation is 2. The van der Waals surface area contributed by atoms with Gasteiger partial charge in [0.05, 0.1) is 11.4 Å². The van der Waals surface area contributed by atoms with Crippen molar-refractivity contribution in [3.63, 3.8) is 0 Å². The van der Waals surface area contributed by atoms with Crippen molar-refractivity contribution < 1.29 is 0 Å². The van der Waals surface area contributed by atoms with Crippen molar-refractivity contribution in [3.8, 4) is 0 Å². The molecule has 2 rings (SSSR count). The van der Waals surface area contributed by atoms with Gasteiger partial charge in [-0.05, 0) is 26.3 Å². The fourth-order valence-electron chi connectivity index (χ4n) is 2.69. The molecular weight excluding hydrogens is 200 g/mol. The summed E-state index contributed by atoms with van der Waals surface area (Å²) < 4.78 is 1.90. The van der Waals surface area contributed by atoms with Gasteiger partial charge < -0.3 is 10.2 Å². The van der Waals surface area contributed by atoms with Gasteiger partial charge in [-0.2, -0.15) is 5.10 Å². The van der Waals surface area contributed by atoms with E-state index in [1.807, 2.05) is 11.7 Å². The van der Waals surface area contributed by atoms with Crippen molar-refractivity contribution in [1.82, 2.24) is 15.1 Å². The number of aromatic nitrogens is 2. The molecule has 0 saturated carbocycles. The molecule has 0 bridgehead atoms. The minimum absolute atomic E-state index is 0.660. The second-order valence-electron chi connectivity index (χ2n) is 4.88. The number of nitrogens with zero attached hydrogens (tertiary/aromatic N) is 3. The summed E-state index contributed by atoms with van der Waals surface area (Å²) in [5, 5.41) is 7.81. The highest BCUT2D eigenvalue weighted by Crippen LogP contribution is 2.25. The van der Waals surface area contributed by atoms with Gasteiger partial charge in [-0.25, -0.2) is 0 Å². The number of hydrogen-bond donors (Lipinski definition) is 1. The van der Waals surface area contributed by atoms with E-state index in [-0.39, 0.29) is 0 Å². The molecule has 4 nitrogen and oxygen atoms in total. The molecule has 16 heavy (non-hydrogen) atoms. The Morgan fingerprint density at radius 1 is 1.50 bits per heavy atom. The van der Waals surface area contributed by atoms with Crippen LogP contribution < -0.4 is 10.2 Å². The normalized spacial score (nSPS) is 26.1. The lowest BCUT2D eigenvalue weighted by Gasteiger charge is -2.37. The Hall–Kier alpha value is -1.03. The summed E-state index contributed by atoms with van der Waals surface area (Å²) in [6, 6.07) is 0.660. The Morgan fingerprint density at radius 3 is 2.75 bits per heavy atom. The molecule has 90 valence electrons. The van der Waals surface area contributed by atoms with Crippen LogP contribution in [-0.4, -0.2) is 36.0 Å². The number of hydrogen-bond acceptors (Lipinski definition) is 3. The maximum absolute atomic E-state index is 4.41. The van der Waals surface area contributed by atoms with Crippen molar-refractivity contribution in [2.75, 3.05) is 25.0 Å². The third kappa shape index (κ3) is 2.07. The Morgan fingerprint density at radius 2 is 2.25 bits per heavy atom. The van der Waals surface area contributed by atoms with Crippen molar-refractivity contribution in [2.45, 2.75) is 26.3 Å². The second kappa shape index (κ2) is 4.45. The highest BCUT2D eigenvalue weighted by Gasteiger charge is 2.26. The molecule has 1 aliphatic heterocycles. The average molecular weight is 222 g/mol. The zero-order chi connectivity index (χ0) is 11.7. The molecule has 1 saturated heterocycles. The summed E-state index contributed by atoms with van der Waals surface area (Å²) in [6.07, 6.45) is 3.34. The lowest BCUT2D eigenvalue weighted by molar-refractivity contribution is 0.338. The lowest BCUT2D eigenvalue weighted by atomic mass is 9.94. The van der Waals surface area contributed by atoms with Crippen LogP contribution in [0.15, 0.2) is 6.20 Å². The van der Waals surface area contributed by atoms with Gasteiger partial charge in [-0.3, -0.25) is 4.68 Å². The van der Waals surface area contributed by atoms with Crippen molar-refractivity contribution in [3.05, 3.63) is 11.9 Å². The zero-order valence-electron chi connectivity index (χ0n) is 10.7. The number of piperidine rings is 1. The smallest absolute Gasteiger partial charge is 0.0827 e. The van der Waals surface area contributed by atoms with Crippen molar-refractivity contribution in [1.29, 1.82) is 0 Å². The van der Waals surface area contributed by atoms with Gasteiger partial charge >= 0.3 is 0 Å². The topological polar surface area (TPSA) is 33.1 Å². The van der Waals surface area contributed by atoms with E-state index in [0.717, 1.165) is 18.8 Å². The molecule has 2 unspecified atom stereocenters. The van der Waals surface area contributed by atoms with E-state index in [0.29, 0.717) is 12.0 Å². The largest absolute Gasteiger partial charge is 0.368 e. The van der Waals surface area contributed by atoms with E-state index < -0.39 is 0 Å². The fraction of sp³-hybridized carbons (Fsp3) is 0.750. The molecule has 2 atom stereocenters. The minimum atomic E-state index is 0.660. The molecule has 1 aromatic heterocycles. The zero-order valence-corrected chi connectivity index (χ0v) is 10.7. The highest BCUT2D eigenvalue weighted by atomic mass is 15.3. The van der Waals surface area contributed by atoms with Crippen LogP contribution in [-0.2, 0) is 7.05 Å². The third-order valence-electron chi connectivity index (χ3n) is 3.60. The summed E-state index contributed by atoms with van der Waals surface area (Å²) >= 11 is 0. The number of nitrogens with one attached hydrogen (secondary N) is 1. The van der Waals surface area contributed by atoms with Gasteiger partial charge in [0.2, 0.25) is 0 Å². The first-order valence-electron chi connectivity index (χ1n) is 6.04. The molecule has 1 N–H and O–H groups in total. The predicted molar refractivity (Wildman–Crippen MR) is 66.8 cm³/mol. The van der Waals surface area contributed by atoms with Gasteiger partial charge in [-0.1, -0.05) is 6.92 Å². The van der Waals surface area contributed by atoms with Crippen LogP contribution in [0.3, 0.4) is 0 Å². The fourth-order valence-corrected chi connectivity index (χ4v) is 2.69. The molecule has 2 heterocycles. The number of rotatable bonds is 2. The van der Waals surface area contributed by atoms with Crippen LogP contribution in [0.4, 0.5) is 5.69 Å². The van der Waals surface area contributed by atoms with Crippen LogP contribution in [0.25, 0.3) is 0 Å². The highest BCUT2D eigenvalue weighted by molar-refractivity contribution is 5.49. The molecule has 0 radical (unpaired) electrons. The van der Waals surface area contributed by atoms with Crippen molar-refractivity contribution in [2.24, 2.45) is 13.0 Å². The Kier molecular flexibility index (Phi) is 3.19. The minimum Gasteiger partial charge on any atom is -0.368 e. The summed E-state index contributed by atoms with van der Waals surface area (Å²) in [5.74, 6) is 0.693. The Bertz CT molecular complexity index is 358. The maximum atomic E-state index is 4.41. The molecule has 0 amide bonds. The Labute approximate surface area is 97.6 Å². The lowest BCUT2D eigenvalue weighted by Crippen LogP contribution is -2.47. The van der Waals surface area contributed by atoms with Crippen LogP contribution in [0.2, 0.25) is 0 Å². The van der Waals surface area contributed by atoms with Gasteiger partial charge in [0.25, 0.3) is 0 Å². The maximum Gasteiger partial charge on any atom is 0.0827 e. The summed E-state index contributed by atoms with van der Waals surface area (Å²) in [7, 11) is 4.05. The van der Waals surface area contributed by atoms with E-state index in [1.165, 1.54) is 12.1 Å². The van der Waals surface area contributed by atoms with E-state index >= 15 is 0 Å². The SMILES string of the molecule is CNC1CCN(c2cn(C)nc2C)CC1C. The molecule has 0 spiro atoms. The first-order chi connectivity index (χ1) is 7.61. The van der Waals surface area contributed by atoms with Crippen LogP contribution in [0, 0.1) is 12.8 Å². The molecule has 0 aromatic carbocycles. The molecule has 0 aliphatic carbocycles. The van der Waals surface area contributed by atoms with Gasteiger partial charge in [-0.15, -0.1) is 0 Å². The standard InChI is InChI=1S/C12H22N4/c1-9-7-16(6-5-11(9)13-3)12-8-15(4)14-10(12)2/h8-9,11,13H,5-7H2,1-4H3. The molecular formula is C12H22N4. The molecule has 1 fully saturated rings. The van der Waals surface area contributed by atoms with Gasteiger partial charge in [0.1, 0.15) is 0 Å². The molecule has 4 heteroatoms. The van der Waals surface area contributed by atoms with E-state index in [9.17, 15) is 0 Å². The predicted octanol–water partition coefficient (Wildman–Crippen LogP) is 1.16. The monoisotopic (exact) mass is 222 g/mol. The third-order valence-corrected chi connectivity index (χ3v) is 3.60. The quantitative estimate of drug-likeness (QED) is 0.815. The summed E-state index contributed by atoms with van der Waals surface area (Å²) in [4.78, 5) is 2.46. The van der Waals surface area contributed by atoms with Crippen LogP contribution >= 0.6 is 0 Å². The first-order valence-corrected chi connectivity index (χ1v) is 6.04. The number of anilines is 1. The Balaban J connectivity index is 2.10. The average Bonchev–Trinajstić information content (AvgIpc) is 2.58. The van der Waals surface area contributed by atoms with Crippen LogP contribution in [0.5, 0.6) is 0 Å². The van der Waals surface area contributed by atoms with E-state index in [4.69, 9.17) is 0 Å². The van der Waals surface area contributed by atoms with E-state index in [2.05, 4.69) is 42.4 Å². The first kappa shape index (κ1) is 11.5. The second-order valence-corrected chi connectivity index (χ2v) is 4.88. The van der Waals surface area contributed by atoms with Crippen molar-refractivity contribution >= 4 is 5.69 Å². The molecule has 1 aliphatic rings. The van der Waals surface area contributed by atoms with Gasteiger partial charge in [0, 0.05) is 32.4 Å². The summed E-state index contributed by atoms with van der Waals surface area (Å²) in [6.45, 7) is 6.66.